The molecule has 0 radical (unpaired) electrons. The Bertz CT molecular complexity index is 444. The minimum atomic E-state index is -0.177. The minimum Gasteiger partial charge on any atom is -0.466 e. The van der Waals surface area contributed by atoms with Gasteiger partial charge in [0.25, 0.3) is 0 Å². The molecule has 0 aromatic heterocycles. The van der Waals surface area contributed by atoms with Crippen molar-refractivity contribution in [2.75, 3.05) is 32.8 Å². The molecule has 1 aliphatic rings. The molecule has 0 aromatic carbocycles. The average molecular weight is 468 g/mol. The van der Waals surface area contributed by atoms with E-state index in [1.165, 1.54) is 0 Å². The summed E-state index contributed by atoms with van der Waals surface area (Å²) in [6.07, 6.45) is 1.97. The first-order valence-corrected chi connectivity index (χ1v) is 8.97. The van der Waals surface area contributed by atoms with E-state index in [-0.39, 0.29) is 47.8 Å². The molecule has 0 saturated carbocycles. The summed E-state index contributed by atoms with van der Waals surface area (Å²) in [5.41, 5.74) is 0. The number of aliphatic imine (C=N–C) groups is 1. The summed E-state index contributed by atoms with van der Waals surface area (Å²) in [7, 11) is 0. The standard InChI is InChI=1S/C17H32N4O3.HI/c1-5-18-17(19-10-7-8-15(22)24-6-2)20-14-9-11-21(12-14)16(23)13(3)4;/h13-14H,5-12H2,1-4H3,(H2,18,19,20);1H. The summed E-state index contributed by atoms with van der Waals surface area (Å²) in [6, 6.07) is 0.218. The average Bonchev–Trinajstić information content (AvgIpc) is 2.99. The Hall–Kier alpha value is -1.06. The van der Waals surface area contributed by atoms with Crippen LogP contribution in [0.15, 0.2) is 4.99 Å². The Labute approximate surface area is 168 Å². The van der Waals surface area contributed by atoms with Crippen molar-refractivity contribution < 1.29 is 14.3 Å². The van der Waals surface area contributed by atoms with Crippen LogP contribution >= 0.6 is 24.0 Å². The highest BCUT2D eigenvalue weighted by Crippen LogP contribution is 2.12. The predicted molar refractivity (Wildman–Crippen MR) is 110 cm³/mol. The first-order valence-electron chi connectivity index (χ1n) is 8.97. The van der Waals surface area contributed by atoms with Gasteiger partial charge in [-0.2, -0.15) is 0 Å². The SMILES string of the molecule is CCNC(=NCCCC(=O)OCC)NC1CCN(C(=O)C(C)C)C1.I. The zero-order chi connectivity index (χ0) is 17.9. The van der Waals surface area contributed by atoms with E-state index in [2.05, 4.69) is 15.6 Å². The molecule has 0 spiro atoms. The third-order valence-corrected chi connectivity index (χ3v) is 3.79. The maximum absolute atomic E-state index is 12.0. The molecule has 8 heteroatoms. The maximum atomic E-state index is 12.0. The van der Waals surface area contributed by atoms with E-state index in [0.717, 1.165) is 25.5 Å². The van der Waals surface area contributed by atoms with Gasteiger partial charge in [0, 0.05) is 44.6 Å². The van der Waals surface area contributed by atoms with Crippen LogP contribution in [0.3, 0.4) is 0 Å². The second kappa shape index (κ2) is 13.2. The van der Waals surface area contributed by atoms with E-state index >= 15 is 0 Å². The normalized spacial score (nSPS) is 17.2. The van der Waals surface area contributed by atoms with Crippen LogP contribution in [-0.4, -0.2) is 61.6 Å². The van der Waals surface area contributed by atoms with Crippen LogP contribution in [0.25, 0.3) is 0 Å². The Morgan fingerprint density at radius 3 is 2.64 bits per heavy atom. The van der Waals surface area contributed by atoms with Gasteiger partial charge in [-0.15, -0.1) is 24.0 Å². The smallest absolute Gasteiger partial charge is 0.305 e. The lowest BCUT2D eigenvalue weighted by Crippen LogP contribution is -2.45. The molecule has 7 nitrogen and oxygen atoms in total. The third kappa shape index (κ3) is 9.27. The monoisotopic (exact) mass is 468 g/mol. The van der Waals surface area contributed by atoms with Gasteiger partial charge in [0.1, 0.15) is 0 Å². The van der Waals surface area contributed by atoms with Crippen LogP contribution in [-0.2, 0) is 14.3 Å². The molecule has 1 fully saturated rings. The van der Waals surface area contributed by atoms with Crippen molar-refractivity contribution in [1.29, 1.82) is 0 Å². The maximum Gasteiger partial charge on any atom is 0.305 e. The largest absolute Gasteiger partial charge is 0.466 e. The van der Waals surface area contributed by atoms with Crippen molar-refractivity contribution >= 4 is 41.8 Å². The number of rotatable bonds is 8. The fraction of sp³-hybridized carbons (Fsp3) is 0.824. The molecule has 1 heterocycles. The van der Waals surface area contributed by atoms with Crippen molar-refractivity contribution in [3.05, 3.63) is 0 Å². The van der Waals surface area contributed by atoms with Crippen molar-refractivity contribution in [3.63, 3.8) is 0 Å². The number of carbonyl (C=O) groups excluding carboxylic acids is 2. The first-order chi connectivity index (χ1) is 11.5. The molecule has 1 amide bonds. The summed E-state index contributed by atoms with van der Waals surface area (Å²) in [4.78, 5) is 29.8. The summed E-state index contributed by atoms with van der Waals surface area (Å²) in [6.45, 7) is 10.9. The van der Waals surface area contributed by atoms with Crippen molar-refractivity contribution in [2.45, 2.75) is 53.0 Å². The topological polar surface area (TPSA) is 83.0 Å². The number of carbonyl (C=O) groups is 2. The van der Waals surface area contributed by atoms with Crippen LogP contribution in [0.1, 0.15) is 47.0 Å². The molecule has 1 atom stereocenters. The van der Waals surface area contributed by atoms with Gasteiger partial charge in [-0.3, -0.25) is 14.6 Å². The lowest BCUT2D eigenvalue weighted by Gasteiger charge is -2.20. The Morgan fingerprint density at radius 1 is 1.32 bits per heavy atom. The number of hydrogen-bond donors (Lipinski definition) is 2. The first kappa shape index (κ1) is 23.9. The van der Waals surface area contributed by atoms with Gasteiger partial charge in [0.05, 0.1) is 6.61 Å². The van der Waals surface area contributed by atoms with Crippen LogP contribution < -0.4 is 10.6 Å². The number of hydrogen-bond acceptors (Lipinski definition) is 4. The quantitative estimate of drug-likeness (QED) is 0.187. The van der Waals surface area contributed by atoms with E-state index in [9.17, 15) is 9.59 Å². The molecule has 0 aliphatic carbocycles. The third-order valence-electron chi connectivity index (χ3n) is 3.79. The Kier molecular flexibility index (Phi) is 12.6. The van der Waals surface area contributed by atoms with E-state index in [0.29, 0.717) is 32.5 Å². The van der Waals surface area contributed by atoms with Crippen molar-refractivity contribution in [2.24, 2.45) is 10.9 Å². The molecule has 146 valence electrons. The van der Waals surface area contributed by atoms with Crippen LogP contribution in [0.5, 0.6) is 0 Å². The lowest BCUT2D eigenvalue weighted by atomic mass is 10.2. The molecule has 0 bridgehead atoms. The van der Waals surface area contributed by atoms with E-state index < -0.39 is 0 Å². The van der Waals surface area contributed by atoms with Crippen molar-refractivity contribution in [3.8, 4) is 0 Å². The van der Waals surface area contributed by atoms with Crippen LogP contribution in [0.4, 0.5) is 0 Å². The number of nitrogens with zero attached hydrogens (tertiary/aromatic N) is 2. The van der Waals surface area contributed by atoms with Gasteiger partial charge in [-0.05, 0) is 26.7 Å². The van der Waals surface area contributed by atoms with Gasteiger partial charge < -0.3 is 20.3 Å². The van der Waals surface area contributed by atoms with E-state index in [1.807, 2.05) is 25.7 Å². The predicted octanol–water partition coefficient (Wildman–Crippen LogP) is 1.76. The van der Waals surface area contributed by atoms with Crippen LogP contribution in [0.2, 0.25) is 0 Å². The lowest BCUT2D eigenvalue weighted by molar-refractivity contribution is -0.143. The Morgan fingerprint density at radius 2 is 2.04 bits per heavy atom. The number of likely N-dealkylation sites (tertiary alicyclic amines) is 1. The molecular weight excluding hydrogens is 435 g/mol. The fourth-order valence-corrected chi connectivity index (χ4v) is 2.60. The highest BCUT2D eigenvalue weighted by atomic mass is 127. The zero-order valence-electron chi connectivity index (χ0n) is 15.8. The number of halogens is 1. The van der Waals surface area contributed by atoms with Crippen molar-refractivity contribution in [1.82, 2.24) is 15.5 Å². The number of ether oxygens (including phenoxy) is 1. The molecule has 0 aromatic rings. The van der Waals surface area contributed by atoms with E-state index in [1.54, 1.807) is 6.92 Å². The number of esters is 1. The summed E-state index contributed by atoms with van der Waals surface area (Å²) >= 11 is 0. The Balaban J connectivity index is 0.00000576. The zero-order valence-corrected chi connectivity index (χ0v) is 18.2. The second-order valence-electron chi connectivity index (χ2n) is 6.24. The summed E-state index contributed by atoms with van der Waals surface area (Å²) in [5.74, 6) is 0.804. The second-order valence-corrected chi connectivity index (χ2v) is 6.24. The molecule has 2 N–H and O–H groups in total. The van der Waals surface area contributed by atoms with Gasteiger partial charge in [0.15, 0.2) is 5.96 Å². The summed E-state index contributed by atoms with van der Waals surface area (Å²) in [5, 5.41) is 6.59. The molecule has 1 unspecified atom stereocenters. The highest BCUT2D eigenvalue weighted by Gasteiger charge is 2.27. The van der Waals surface area contributed by atoms with E-state index in [4.69, 9.17) is 4.74 Å². The fourth-order valence-electron chi connectivity index (χ4n) is 2.60. The van der Waals surface area contributed by atoms with Gasteiger partial charge in [-0.1, -0.05) is 13.8 Å². The van der Waals surface area contributed by atoms with Gasteiger partial charge in [-0.25, -0.2) is 0 Å². The molecule has 1 rings (SSSR count). The summed E-state index contributed by atoms with van der Waals surface area (Å²) < 4.78 is 4.90. The molecule has 1 saturated heterocycles. The minimum absolute atomic E-state index is 0. The van der Waals surface area contributed by atoms with Gasteiger partial charge >= 0.3 is 5.97 Å². The number of guanidine groups is 1. The molecular formula is C17H33IN4O3. The highest BCUT2D eigenvalue weighted by molar-refractivity contribution is 14.0. The number of nitrogens with one attached hydrogen (secondary N) is 2. The van der Waals surface area contributed by atoms with Gasteiger partial charge in [0.2, 0.25) is 5.91 Å². The molecule has 1 aliphatic heterocycles. The molecule has 25 heavy (non-hydrogen) atoms. The number of amides is 1. The van der Waals surface area contributed by atoms with Crippen LogP contribution in [0, 0.1) is 5.92 Å².